The fourth-order valence-corrected chi connectivity index (χ4v) is 9.86. The van der Waals surface area contributed by atoms with E-state index < -0.39 is 58.9 Å². The van der Waals surface area contributed by atoms with Crippen LogP contribution in [-0.4, -0.2) is 86.6 Å². The first-order valence-corrected chi connectivity index (χ1v) is 14.1. The Labute approximate surface area is 229 Å². The number of ether oxygens (including phenoxy) is 5. The Morgan fingerprint density at radius 1 is 1.21 bits per heavy atom. The second-order valence-electron chi connectivity index (χ2n) is 12.6. The van der Waals surface area contributed by atoms with Gasteiger partial charge >= 0.3 is 11.9 Å². The van der Waals surface area contributed by atoms with Crippen molar-refractivity contribution < 1.29 is 48.3 Å². The number of aliphatic hydroxyl groups excluding tert-OH is 1. The third-order valence-electron chi connectivity index (χ3n) is 10.9. The van der Waals surface area contributed by atoms with Gasteiger partial charge in [0.1, 0.15) is 30.5 Å². The zero-order chi connectivity index (χ0) is 28.5. The molecule has 0 aromatic heterocycles. The number of esters is 1. The molecule has 10 nitrogen and oxygen atoms in total. The average molecular weight is 551 g/mol. The van der Waals surface area contributed by atoms with Crippen molar-refractivity contribution in [3.05, 3.63) is 11.6 Å². The molecular weight excluding hydrogens is 508 g/mol. The molecule has 4 unspecified atom stereocenters. The predicted octanol–water partition coefficient (Wildman–Crippen LogP) is 2.22. The van der Waals surface area contributed by atoms with Gasteiger partial charge < -0.3 is 38.7 Å². The number of allylic oxidation sites excluding steroid dienone is 1. The van der Waals surface area contributed by atoms with E-state index in [1.165, 1.54) is 14.2 Å². The lowest BCUT2D eigenvalue weighted by Crippen LogP contribution is -2.60. The smallest absolute Gasteiger partial charge is 0.332 e. The molecule has 4 aliphatic carbocycles. The van der Waals surface area contributed by atoms with Gasteiger partial charge in [-0.05, 0) is 49.4 Å². The number of carbonyl (C=O) groups excluding carboxylic acids is 2. The Balaban J connectivity index is 1.52. The number of carboxylic acid groups (broad SMARTS) is 1. The van der Waals surface area contributed by atoms with Crippen LogP contribution in [0, 0.1) is 45.8 Å². The molecule has 5 rings (SSSR count). The van der Waals surface area contributed by atoms with Gasteiger partial charge in [-0.2, -0.15) is 0 Å². The van der Waals surface area contributed by atoms with Crippen LogP contribution in [0.25, 0.3) is 0 Å². The summed E-state index contributed by atoms with van der Waals surface area (Å²) in [5, 5.41) is 22.3. The maximum Gasteiger partial charge on any atom is 0.332 e. The number of aliphatic carboxylic acids is 1. The molecule has 0 aromatic carbocycles. The Morgan fingerprint density at radius 2 is 1.92 bits per heavy atom. The number of hydrogen-bond acceptors (Lipinski definition) is 9. The number of hydrogen-bond donors (Lipinski definition) is 2. The summed E-state index contributed by atoms with van der Waals surface area (Å²) in [6, 6.07) is 0. The third kappa shape index (κ3) is 3.47. The summed E-state index contributed by atoms with van der Waals surface area (Å²) in [7, 11) is 2.81. The van der Waals surface area contributed by atoms with E-state index in [9.17, 15) is 24.6 Å². The molecule has 0 aromatic rings. The molecule has 3 saturated carbocycles. The van der Waals surface area contributed by atoms with E-state index in [4.69, 9.17) is 23.7 Å². The topological polar surface area (TPSA) is 138 Å². The molecule has 4 fully saturated rings. The van der Waals surface area contributed by atoms with Crippen molar-refractivity contribution in [2.75, 3.05) is 27.4 Å². The molecule has 0 spiro atoms. The van der Waals surface area contributed by atoms with E-state index in [2.05, 4.69) is 13.0 Å². The number of rotatable bonds is 10. The van der Waals surface area contributed by atoms with Crippen LogP contribution < -0.4 is 0 Å². The molecule has 1 aliphatic heterocycles. The first-order chi connectivity index (χ1) is 18.5. The molecule has 1 heterocycles. The fraction of sp³-hybridized carbons (Fsp3) is 0.828. The zero-order valence-corrected chi connectivity index (χ0v) is 23.6. The highest BCUT2D eigenvalue weighted by molar-refractivity contribution is 5.91. The van der Waals surface area contributed by atoms with Crippen molar-refractivity contribution >= 4 is 18.2 Å². The SMILES string of the molecule is COCC(=O)O[C@H]1[C@H](O)[C@H](OCC23C4C=C(C(C)C)C2(C(=O)O)C(C=O)(C4)[C@@H]2CC[C@@H](C)[C@H]23)O[C@H](C)[C@H]1OC. The van der Waals surface area contributed by atoms with Crippen LogP contribution in [0.1, 0.15) is 47.0 Å². The van der Waals surface area contributed by atoms with Gasteiger partial charge in [0.15, 0.2) is 12.4 Å². The molecule has 0 radical (unpaired) electrons. The first-order valence-electron chi connectivity index (χ1n) is 14.1. The molecule has 39 heavy (non-hydrogen) atoms. The predicted molar refractivity (Wildman–Crippen MR) is 136 cm³/mol. The maximum atomic E-state index is 13.5. The molecule has 10 heteroatoms. The van der Waals surface area contributed by atoms with E-state index >= 15 is 0 Å². The lowest BCUT2D eigenvalue weighted by atomic mass is 9.55. The number of aldehydes is 1. The maximum absolute atomic E-state index is 13.5. The highest BCUT2D eigenvalue weighted by Gasteiger charge is 2.89. The van der Waals surface area contributed by atoms with Crippen LogP contribution in [0.3, 0.4) is 0 Å². The summed E-state index contributed by atoms with van der Waals surface area (Å²) in [6.45, 7) is 7.58. The summed E-state index contributed by atoms with van der Waals surface area (Å²) in [5.41, 5.74) is -2.41. The monoisotopic (exact) mass is 550 g/mol. The molecular formula is C29H42O10. The highest BCUT2D eigenvalue weighted by Crippen LogP contribution is 2.87. The van der Waals surface area contributed by atoms with E-state index in [1.54, 1.807) is 6.92 Å². The normalized spacial score (nSPS) is 47.8. The van der Waals surface area contributed by atoms with Crippen LogP contribution in [0.15, 0.2) is 11.6 Å². The Hall–Kier alpha value is -1.85. The molecule has 218 valence electrons. The lowest BCUT2D eigenvalue weighted by Gasteiger charge is -2.48. The minimum absolute atomic E-state index is 0.00260. The van der Waals surface area contributed by atoms with Crippen LogP contribution in [0.2, 0.25) is 0 Å². The summed E-state index contributed by atoms with van der Waals surface area (Å²) >= 11 is 0. The molecule has 5 aliphatic rings. The standard InChI is InChI=1S/C29H42O10/c1-14(2)19-9-17-10-27(12-30)18-8-7-15(3)21(18)28(17,29(19,27)26(33)34)13-37-25-22(32)24(39-20(31)11-35-5)23(36-6)16(4)38-25/h9,12,14-18,21-25,32H,7-8,10-11,13H2,1-6H3,(H,33,34)/t15-,16-,17?,18-,21-,22+,23-,24+,25-,27?,28?,29?/m1/s1. The molecule has 0 amide bonds. The summed E-state index contributed by atoms with van der Waals surface area (Å²) < 4.78 is 28.3. The number of fused-ring (bicyclic) bond motifs is 2. The van der Waals surface area contributed by atoms with Crippen molar-refractivity contribution in [1.29, 1.82) is 0 Å². The second-order valence-corrected chi connectivity index (χ2v) is 12.6. The van der Waals surface area contributed by atoms with E-state index in [0.717, 1.165) is 24.7 Å². The van der Waals surface area contributed by atoms with Crippen LogP contribution >= 0.6 is 0 Å². The van der Waals surface area contributed by atoms with Gasteiger partial charge in [0.2, 0.25) is 0 Å². The molecule has 12 atom stereocenters. The van der Waals surface area contributed by atoms with Crippen molar-refractivity contribution in [2.45, 2.75) is 77.7 Å². The van der Waals surface area contributed by atoms with Gasteiger partial charge in [0.05, 0.1) is 18.1 Å². The Morgan fingerprint density at radius 3 is 2.51 bits per heavy atom. The second kappa shape index (κ2) is 9.91. The van der Waals surface area contributed by atoms with Crippen molar-refractivity contribution in [3.63, 3.8) is 0 Å². The number of carbonyl (C=O) groups is 3. The lowest BCUT2D eigenvalue weighted by molar-refractivity contribution is -0.308. The quantitative estimate of drug-likeness (QED) is 0.237. The van der Waals surface area contributed by atoms with Crippen LogP contribution in [-0.2, 0) is 38.1 Å². The van der Waals surface area contributed by atoms with Gasteiger partial charge in [-0.15, -0.1) is 0 Å². The average Bonchev–Trinajstić information content (AvgIpc) is 3.55. The largest absolute Gasteiger partial charge is 0.481 e. The molecule has 4 bridgehead atoms. The van der Waals surface area contributed by atoms with Crippen LogP contribution in [0.5, 0.6) is 0 Å². The number of aliphatic hydroxyl groups is 1. The van der Waals surface area contributed by atoms with E-state index in [0.29, 0.717) is 6.42 Å². The highest BCUT2D eigenvalue weighted by atomic mass is 16.7. The van der Waals surface area contributed by atoms with Gasteiger partial charge in [-0.25, -0.2) is 4.79 Å². The van der Waals surface area contributed by atoms with Gasteiger partial charge in [-0.3, -0.25) is 4.79 Å². The van der Waals surface area contributed by atoms with E-state index in [1.807, 2.05) is 13.8 Å². The zero-order valence-electron chi connectivity index (χ0n) is 23.6. The molecule has 1 saturated heterocycles. The summed E-state index contributed by atoms with van der Waals surface area (Å²) in [5.74, 6) is -1.66. The minimum atomic E-state index is -1.38. The van der Waals surface area contributed by atoms with Crippen molar-refractivity contribution in [2.24, 2.45) is 45.8 Å². The molecule has 2 N–H and O–H groups in total. The number of methoxy groups -OCH3 is 2. The van der Waals surface area contributed by atoms with Gasteiger partial charge in [0.25, 0.3) is 0 Å². The van der Waals surface area contributed by atoms with Crippen LogP contribution in [0.4, 0.5) is 0 Å². The Bertz CT molecular complexity index is 1040. The fourth-order valence-electron chi connectivity index (χ4n) is 9.86. The minimum Gasteiger partial charge on any atom is -0.481 e. The third-order valence-corrected chi connectivity index (χ3v) is 10.9. The first kappa shape index (κ1) is 28.7. The van der Waals surface area contributed by atoms with Crippen molar-refractivity contribution in [3.8, 4) is 0 Å². The van der Waals surface area contributed by atoms with Gasteiger partial charge in [-0.1, -0.05) is 38.8 Å². The summed E-state index contributed by atoms with van der Waals surface area (Å²) in [4.78, 5) is 38.8. The van der Waals surface area contributed by atoms with E-state index in [-0.39, 0.29) is 42.8 Å². The number of carboxylic acids is 1. The van der Waals surface area contributed by atoms with Crippen molar-refractivity contribution in [1.82, 2.24) is 0 Å². The summed E-state index contributed by atoms with van der Waals surface area (Å²) in [6.07, 6.45) is 0.320. The van der Waals surface area contributed by atoms with Gasteiger partial charge in [0, 0.05) is 19.6 Å². The Kier molecular flexibility index (Phi) is 7.28.